The first-order chi connectivity index (χ1) is 15.0. The zero-order chi connectivity index (χ0) is 21.8. The minimum atomic E-state index is -0.641. The topological polar surface area (TPSA) is 61.9 Å². The Bertz CT molecular complexity index is 923. The van der Waals surface area contributed by atoms with E-state index in [-0.39, 0.29) is 11.8 Å². The average molecular weight is 440 g/mol. The molecule has 3 atom stereocenters. The van der Waals surface area contributed by atoms with Gasteiger partial charge in [-0.1, -0.05) is 42.5 Å². The maximum atomic E-state index is 13.1. The highest BCUT2D eigenvalue weighted by molar-refractivity contribution is 7.98. The minimum Gasteiger partial charge on any atom is -0.371 e. The second-order valence-corrected chi connectivity index (χ2v) is 9.00. The highest BCUT2D eigenvalue weighted by atomic mass is 32.2. The van der Waals surface area contributed by atoms with Crippen LogP contribution in [-0.4, -0.2) is 65.7 Å². The molecule has 31 heavy (non-hydrogen) atoms. The standard InChI is InChI=1S/C24H29N3O3S/c1-17(30-16-18-7-4-3-5-8-18)22-24(29)27-12-11-26(15-21(27)23(28)25-22)14-19-9-6-10-20(13-19)31-2/h3-10,13,17,21-22H,11-12,14-16H2,1-2H3,(H,25,28)/t17-,21-,22+/m1/s1. The highest BCUT2D eigenvalue weighted by Gasteiger charge is 2.45. The van der Waals surface area contributed by atoms with Gasteiger partial charge in [-0.05, 0) is 36.4 Å². The summed E-state index contributed by atoms with van der Waals surface area (Å²) in [4.78, 5) is 31.2. The van der Waals surface area contributed by atoms with Gasteiger partial charge in [0, 0.05) is 31.1 Å². The van der Waals surface area contributed by atoms with Crippen LogP contribution < -0.4 is 5.32 Å². The van der Waals surface area contributed by atoms with Crippen molar-refractivity contribution in [3.63, 3.8) is 0 Å². The van der Waals surface area contributed by atoms with Gasteiger partial charge >= 0.3 is 0 Å². The van der Waals surface area contributed by atoms with E-state index in [1.807, 2.05) is 37.3 Å². The van der Waals surface area contributed by atoms with Crippen LogP contribution in [0.2, 0.25) is 0 Å². The Morgan fingerprint density at radius 1 is 1.10 bits per heavy atom. The summed E-state index contributed by atoms with van der Waals surface area (Å²) in [6, 6.07) is 17.2. The Labute approximate surface area is 187 Å². The summed E-state index contributed by atoms with van der Waals surface area (Å²) in [5.74, 6) is -0.142. The lowest BCUT2D eigenvalue weighted by Crippen LogP contribution is -2.71. The van der Waals surface area contributed by atoms with Crippen molar-refractivity contribution in [1.29, 1.82) is 0 Å². The zero-order valence-electron chi connectivity index (χ0n) is 18.0. The monoisotopic (exact) mass is 439 g/mol. The average Bonchev–Trinajstić information content (AvgIpc) is 2.80. The summed E-state index contributed by atoms with van der Waals surface area (Å²) >= 11 is 1.72. The molecule has 0 bridgehead atoms. The van der Waals surface area contributed by atoms with E-state index < -0.39 is 18.2 Å². The van der Waals surface area contributed by atoms with E-state index in [2.05, 4.69) is 40.7 Å². The molecule has 1 N–H and O–H groups in total. The lowest BCUT2D eigenvalue weighted by molar-refractivity contribution is -0.157. The number of carbonyl (C=O) groups is 2. The molecule has 2 aromatic rings. The van der Waals surface area contributed by atoms with E-state index in [1.54, 1.807) is 16.7 Å². The number of carbonyl (C=O) groups excluding carboxylic acids is 2. The maximum absolute atomic E-state index is 13.1. The lowest BCUT2D eigenvalue weighted by Gasteiger charge is -2.46. The summed E-state index contributed by atoms with van der Waals surface area (Å²) in [6.07, 6.45) is 1.67. The summed E-state index contributed by atoms with van der Waals surface area (Å²) in [7, 11) is 0. The fourth-order valence-electron chi connectivity index (χ4n) is 4.21. The van der Waals surface area contributed by atoms with Crippen molar-refractivity contribution in [3.05, 3.63) is 65.7 Å². The molecule has 7 heteroatoms. The van der Waals surface area contributed by atoms with Crippen LogP contribution in [0.5, 0.6) is 0 Å². The number of amides is 2. The Hall–Kier alpha value is -2.35. The largest absolute Gasteiger partial charge is 0.371 e. The Balaban J connectivity index is 1.36. The molecule has 2 heterocycles. The van der Waals surface area contributed by atoms with E-state index in [4.69, 9.17) is 4.74 Å². The van der Waals surface area contributed by atoms with Crippen molar-refractivity contribution in [2.24, 2.45) is 0 Å². The number of hydrogen-bond acceptors (Lipinski definition) is 5. The molecule has 6 nitrogen and oxygen atoms in total. The van der Waals surface area contributed by atoms with Crippen LogP contribution in [-0.2, 0) is 27.5 Å². The maximum Gasteiger partial charge on any atom is 0.248 e. The quantitative estimate of drug-likeness (QED) is 0.672. The van der Waals surface area contributed by atoms with E-state index in [0.29, 0.717) is 19.7 Å². The number of fused-ring (bicyclic) bond motifs is 1. The van der Waals surface area contributed by atoms with Crippen LogP contribution in [0.25, 0.3) is 0 Å². The Morgan fingerprint density at radius 3 is 2.65 bits per heavy atom. The molecule has 2 fully saturated rings. The van der Waals surface area contributed by atoms with Crippen molar-refractivity contribution in [3.8, 4) is 0 Å². The van der Waals surface area contributed by atoms with Gasteiger partial charge in [-0.3, -0.25) is 14.5 Å². The van der Waals surface area contributed by atoms with Crippen molar-refractivity contribution >= 4 is 23.6 Å². The highest BCUT2D eigenvalue weighted by Crippen LogP contribution is 2.22. The molecular formula is C24H29N3O3S. The number of piperazine rings is 2. The number of hydrogen-bond donors (Lipinski definition) is 1. The molecule has 2 aliphatic heterocycles. The van der Waals surface area contributed by atoms with Gasteiger partial charge in [0.05, 0.1) is 12.7 Å². The minimum absolute atomic E-state index is 0.0470. The first-order valence-electron chi connectivity index (χ1n) is 10.7. The molecule has 164 valence electrons. The van der Waals surface area contributed by atoms with Crippen molar-refractivity contribution in [1.82, 2.24) is 15.1 Å². The van der Waals surface area contributed by atoms with Gasteiger partial charge in [-0.15, -0.1) is 11.8 Å². The van der Waals surface area contributed by atoms with E-state index in [9.17, 15) is 9.59 Å². The second kappa shape index (κ2) is 9.85. The molecular weight excluding hydrogens is 410 g/mol. The van der Waals surface area contributed by atoms with E-state index in [0.717, 1.165) is 18.7 Å². The zero-order valence-corrected chi connectivity index (χ0v) is 18.8. The third-order valence-corrected chi connectivity index (χ3v) is 6.70. The molecule has 0 saturated carbocycles. The molecule has 0 aliphatic carbocycles. The van der Waals surface area contributed by atoms with Crippen LogP contribution in [0, 0.1) is 0 Å². The first-order valence-corrected chi connectivity index (χ1v) is 11.9. The van der Waals surface area contributed by atoms with Gasteiger partial charge in [0.1, 0.15) is 12.1 Å². The van der Waals surface area contributed by atoms with Crippen LogP contribution in [0.15, 0.2) is 59.5 Å². The van der Waals surface area contributed by atoms with Crippen molar-refractivity contribution in [2.45, 2.75) is 43.2 Å². The molecule has 2 aliphatic rings. The van der Waals surface area contributed by atoms with Crippen LogP contribution in [0.4, 0.5) is 0 Å². The van der Waals surface area contributed by atoms with Gasteiger partial charge in [0.15, 0.2) is 0 Å². The molecule has 2 amide bonds. The molecule has 2 saturated heterocycles. The number of thioether (sulfide) groups is 1. The number of rotatable bonds is 7. The fourth-order valence-corrected chi connectivity index (χ4v) is 4.69. The molecule has 0 spiro atoms. The predicted octanol–water partition coefficient (Wildman–Crippen LogP) is 2.53. The normalized spacial score (nSPS) is 22.7. The summed E-state index contributed by atoms with van der Waals surface area (Å²) in [5.41, 5.74) is 2.27. The van der Waals surface area contributed by atoms with Crippen LogP contribution >= 0.6 is 11.8 Å². The number of benzene rings is 2. The SMILES string of the molecule is CSc1cccc(CN2CCN3C(=O)[C@H]([C@@H](C)OCc4ccccc4)NC(=O)[C@H]3C2)c1. The summed E-state index contributed by atoms with van der Waals surface area (Å²) in [6.45, 7) is 4.90. The first kappa shape index (κ1) is 21.9. The van der Waals surface area contributed by atoms with E-state index in [1.165, 1.54) is 10.5 Å². The van der Waals surface area contributed by atoms with Gasteiger partial charge in [0.2, 0.25) is 11.8 Å². The van der Waals surface area contributed by atoms with Gasteiger partial charge in [0.25, 0.3) is 0 Å². The molecule has 0 unspecified atom stereocenters. The lowest BCUT2D eigenvalue weighted by atomic mass is 10.0. The van der Waals surface area contributed by atoms with Gasteiger partial charge in [-0.25, -0.2) is 0 Å². The van der Waals surface area contributed by atoms with Crippen molar-refractivity contribution in [2.75, 3.05) is 25.9 Å². The Morgan fingerprint density at radius 2 is 1.87 bits per heavy atom. The van der Waals surface area contributed by atoms with E-state index >= 15 is 0 Å². The molecule has 2 aromatic carbocycles. The molecule has 0 radical (unpaired) electrons. The second-order valence-electron chi connectivity index (χ2n) is 8.12. The third kappa shape index (κ3) is 5.11. The number of nitrogens with one attached hydrogen (secondary N) is 1. The fraction of sp³-hybridized carbons (Fsp3) is 0.417. The molecule has 0 aromatic heterocycles. The Kier molecular flexibility index (Phi) is 6.95. The van der Waals surface area contributed by atoms with Crippen molar-refractivity contribution < 1.29 is 14.3 Å². The van der Waals surface area contributed by atoms with Gasteiger partial charge < -0.3 is 15.0 Å². The third-order valence-electron chi connectivity index (χ3n) is 5.98. The summed E-state index contributed by atoms with van der Waals surface area (Å²) < 4.78 is 5.91. The number of ether oxygens (including phenoxy) is 1. The summed E-state index contributed by atoms with van der Waals surface area (Å²) in [5, 5.41) is 2.92. The predicted molar refractivity (Wildman–Crippen MR) is 122 cm³/mol. The van der Waals surface area contributed by atoms with Gasteiger partial charge in [-0.2, -0.15) is 0 Å². The number of nitrogens with zero attached hydrogens (tertiary/aromatic N) is 2. The van der Waals surface area contributed by atoms with Crippen LogP contribution in [0.3, 0.4) is 0 Å². The smallest absolute Gasteiger partial charge is 0.248 e. The van der Waals surface area contributed by atoms with Crippen LogP contribution in [0.1, 0.15) is 18.1 Å². The molecule has 4 rings (SSSR count).